The van der Waals surface area contributed by atoms with E-state index in [0.717, 1.165) is 0 Å². The van der Waals surface area contributed by atoms with Crippen LogP contribution in [0.25, 0.3) is 0 Å². The largest absolute Gasteiger partial charge is 0.497 e. The lowest BCUT2D eigenvalue weighted by atomic mass is 10.3. The highest BCUT2D eigenvalue weighted by atomic mass is 35.5. The molecule has 92 valence electrons. The summed E-state index contributed by atoms with van der Waals surface area (Å²) in [6.45, 7) is 0. The van der Waals surface area contributed by atoms with Crippen LogP contribution >= 0.6 is 11.6 Å². The van der Waals surface area contributed by atoms with E-state index in [4.69, 9.17) is 16.3 Å². The summed E-state index contributed by atoms with van der Waals surface area (Å²) in [6, 6.07) is 6.39. The number of nitrogens with zero attached hydrogens (tertiary/aromatic N) is 1. The Hall–Kier alpha value is -1.75. The van der Waals surface area contributed by atoms with Gasteiger partial charge in [-0.3, -0.25) is 15.0 Å². The number of nitrogens with one attached hydrogen (secondary N) is 1. The lowest BCUT2D eigenvalue weighted by molar-refractivity contribution is -0.117. The number of hydrogen-bond acceptors (Lipinski definition) is 3. The number of carbonyl (C=O) groups excluding carboxylic acids is 2. The summed E-state index contributed by atoms with van der Waals surface area (Å²) in [4.78, 5) is 23.9. The Morgan fingerprint density at radius 3 is 2.76 bits per heavy atom. The number of hydrogen-bond donors (Lipinski definition) is 1. The topological polar surface area (TPSA) is 58.6 Å². The van der Waals surface area contributed by atoms with Gasteiger partial charge in [0.1, 0.15) is 11.6 Å². The van der Waals surface area contributed by atoms with Crippen LogP contribution < -0.4 is 15.0 Å². The molecule has 1 N–H and O–H groups in total. The molecule has 0 atom stereocenters. The maximum absolute atomic E-state index is 11.6. The Kier molecular flexibility index (Phi) is 4.78. The van der Waals surface area contributed by atoms with Crippen LogP contribution in [0.1, 0.15) is 0 Å². The quantitative estimate of drug-likeness (QED) is 0.836. The molecule has 0 bridgehead atoms. The van der Waals surface area contributed by atoms with Gasteiger partial charge in [-0.2, -0.15) is 0 Å². The number of alkyl halides is 1. The van der Waals surface area contributed by atoms with Crippen LogP contribution in [0, 0.1) is 0 Å². The fourth-order valence-electron chi connectivity index (χ4n) is 1.17. The maximum atomic E-state index is 11.6. The van der Waals surface area contributed by atoms with Crippen molar-refractivity contribution in [3.05, 3.63) is 24.3 Å². The van der Waals surface area contributed by atoms with Gasteiger partial charge < -0.3 is 4.74 Å². The third-order valence-electron chi connectivity index (χ3n) is 2.11. The Morgan fingerprint density at radius 2 is 2.18 bits per heavy atom. The molecule has 0 fully saturated rings. The summed E-state index contributed by atoms with van der Waals surface area (Å²) < 4.78 is 5.04. The Balaban J connectivity index is 2.77. The van der Waals surface area contributed by atoms with E-state index in [1.807, 2.05) is 0 Å². The average molecular weight is 257 g/mol. The molecular weight excluding hydrogens is 244 g/mol. The van der Waals surface area contributed by atoms with Gasteiger partial charge in [-0.15, -0.1) is 11.6 Å². The minimum Gasteiger partial charge on any atom is -0.497 e. The van der Waals surface area contributed by atoms with Crippen molar-refractivity contribution in [1.82, 2.24) is 5.32 Å². The molecule has 0 heterocycles. The van der Waals surface area contributed by atoms with Crippen LogP contribution in [0.3, 0.4) is 0 Å². The number of anilines is 1. The second kappa shape index (κ2) is 6.10. The second-order valence-electron chi connectivity index (χ2n) is 3.25. The highest BCUT2D eigenvalue weighted by Crippen LogP contribution is 2.19. The van der Waals surface area contributed by atoms with E-state index < -0.39 is 11.9 Å². The number of ether oxygens (including phenoxy) is 1. The zero-order valence-electron chi connectivity index (χ0n) is 9.57. The van der Waals surface area contributed by atoms with Gasteiger partial charge in [0.15, 0.2) is 0 Å². The van der Waals surface area contributed by atoms with Crippen molar-refractivity contribution in [2.45, 2.75) is 0 Å². The smallest absolute Gasteiger partial charge is 0.328 e. The van der Waals surface area contributed by atoms with Gasteiger partial charge in [-0.25, -0.2) is 4.79 Å². The number of imide groups is 1. The lowest BCUT2D eigenvalue weighted by Crippen LogP contribution is -2.41. The van der Waals surface area contributed by atoms with Crippen molar-refractivity contribution < 1.29 is 14.3 Å². The molecule has 0 radical (unpaired) electrons. The number of benzene rings is 1. The van der Waals surface area contributed by atoms with Crippen LogP contribution in [0.5, 0.6) is 5.75 Å². The van der Waals surface area contributed by atoms with Crippen LogP contribution in [0.2, 0.25) is 0 Å². The lowest BCUT2D eigenvalue weighted by Gasteiger charge is -2.17. The van der Waals surface area contributed by atoms with Gasteiger partial charge in [0, 0.05) is 18.8 Å². The van der Waals surface area contributed by atoms with Gasteiger partial charge in [0.25, 0.3) is 0 Å². The number of methoxy groups -OCH3 is 1. The third kappa shape index (κ3) is 3.64. The summed E-state index contributed by atoms with van der Waals surface area (Å²) >= 11 is 5.29. The molecule has 6 heteroatoms. The SMILES string of the molecule is COc1cccc(N(C)C(=O)NC(=O)CCl)c1. The predicted molar refractivity (Wildman–Crippen MR) is 65.7 cm³/mol. The van der Waals surface area contributed by atoms with Crippen molar-refractivity contribution in [3.8, 4) is 5.75 Å². The predicted octanol–water partition coefficient (Wildman–Crippen LogP) is 1.61. The molecule has 3 amide bonds. The van der Waals surface area contributed by atoms with Crippen molar-refractivity contribution in [3.63, 3.8) is 0 Å². The first-order chi connectivity index (χ1) is 8.08. The monoisotopic (exact) mass is 256 g/mol. The number of carbonyl (C=O) groups is 2. The molecule has 0 spiro atoms. The van der Waals surface area contributed by atoms with E-state index >= 15 is 0 Å². The highest BCUT2D eigenvalue weighted by molar-refractivity contribution is 6.28. The van der Waals surface area contributed by atoms with Crippen LogP contribution in [-0.4, -0.2) is 32.0 Å². The molecule has 0 aromatic heterocycles. The highest BCUT2D eigenvalue weighted by Gasteiger charge is 2.13. The summed E-state index contributed by atoms with van der Waals surface area (Å²) in [5.74, 6) is -0.158. The molecular formula is C11H13ClN2O3. The van der Waals surface area contributed by atoms with Gasteiger partial charge >= 0.3 is 6.03 Å². The molecule has 1 rings (SSSR count). The van der Waals surface area contributed by atoms with Crippen molar-refractivity contribution in [1.29, 1.82) is 0 Å². The van der Waals surface area contributed by atoms with E-state index in [-0.39, 0.29) is 5.88 Å². The molecule has 0 unspecified atom stereocenters. The van der Waals surface area contributed by atoms with Crippen molar-refractivity contribution in [2.75, 3.05) is 24.9 Å². The summed E-state index contributed by atoms with van der Waals surface area (Å²) in [7, 11) is 3.09. The van der Waals surface area contributed by atoms with Crippen LogP contribution in [0.4, 0.5) is 10.5 Å². The fraction of sp³-hybridized carbons (Fsp3) is 0.273. The zero-order chi connectivity index (χ0) is 12.8. The average Bonchev–Trinajstić information content (AvgIpc) is 2.37. The first-order valence-electron chi connectivity index (χ1n) is 4.86. The van der Waals surface area contributed by atoms with Gasteiger partial charge in [-0.1, -0.05) is 6.07 Å². The molecule has 0 saturated heterocycles. The molecule has 1 aromatic carbocycles. The Bertz CT molecular complexity index is 423. The molecule has 0 aliphatic rings. The number of urea groups is 1. The van der Waals surface area contributed by atoms with Crippen molar-refractivity contribution >= 4 is 29.2 Å². The van der Waals surface area contributed by atoms with E-state index in [9.17, 15) is 9.59 Å². The Labute approximate surface area is 104 Å². The van der Waals surface area contributed by atoms with E-state index in [1.165, 1.54) is 12.0 Å². The summed E-state index contributed by atoms with van der Waals surface area (Å²) in [6.07, 6.45) is 0. The summed E-state index contributed by atoms with van der Waals surface area (Å²) in [5.41, 5.74) is 0.615. The minimum absolute atomic E-state index is 0.252. The fourth-order valence-corrected chi connectivity index (χ4v) is 1.24. The number of halogens is 1. The molecule has 1 aromatic rings. The molecule has 0 aliphatic carbocycles. The Morgan fingerprint density at radius 1 is 1.47 bits per heavy atom. The van der Waals surface area contributed by atoms with Crippen molar-refractivity contribution in [2.24, 2.45) is 0 Å². The molecule has 0 aliphatic heterocycles. The normalized spacial score (nSPS) is 9.59. The first-order valence-corrected chi connectivity index (χ1v) is 5.39. The third-order valence-corrected chi connectivity index (χ3v) is 2.36. The minimum atomic E-state index is -0.538. The first kappa shape index (κ1) is 13.3. The van der Waals surface area contributed by atoms with E-state index in [2.05, 4.69) is 5.32 Å². The van der Waals surface area contributed by atoms with Gasteiger partial charge in [-0.05, 0) is 12.1 Å². The standard InChI is InChI=1S/C11H13ClN2O3/c1-14(11(16)13-10(15)7-12)8-4-3-5-9(6-8)17-2/h3-6H,7H2,1-2H3,(H,13,15,16). The zero-order valence-corrected chi connectivity index (χ0v) is 10.3. The van der Waals surface area contributed by atoms with E-state index in [0.29, 0.717) is 11.4 Å². The van der Waals surface area contributed by atoms with Gasteiger partial charge in [0.05, 0.1) is 7.11 Å². The summed E-state index contributed by atoms with van der Waals surface area (Å²) in [5, 5.41) is 2.14. The van der Waals surface area contributed by atoms with E-state index in [1.54, 1.807) is 31.3 Å². The second-order valence-corrected chi connectivity index (χ2v) is 3.51. The molecule has 0 saturated carbocycles. The van der Waals surface area contributed by atoms with Crippen LogP contribution in [0.15, 0.2) is 24.3 Å². The molecule has 5 nitrogen and oxygen atoms in total. The van der Waals surface area contributed by atoms with Crippen LogP contribution in [-0.2, 0) is 4.79 Å². The number of amides is 3. The molecule has 17 heavy (non-hydrogen) atoms. The maximum Gasteiger partial charge on any atom is 0.328 e. The van der Waals surface area contributed by atoms with Gasteiger partial charge in [0.2, 0.25) is 5.91 Å². The number of rotatable bonds is 3.